The summed E-state index contributed by atoms with van der Waals surface area (Å²) in [7, 11) is 2.00. The smallest absolute Gasteiger partial charge is 0.157 e. The molecule has 2 aromatic rings. The van der Waals surface area contributed by atoms with Crippen LogP contribution in [0, 0.1) is 0 Å². The van der Waals surface area contributed by atoms with Crippen LogP contribution < -0.4 is 5.32 Å². The molecule has 1 N–H and O–H groups in total. The minimum absolute atomic E-state index is 0.475. The van der Waals surface area contributed by atoms with Gasteiger partial charge in [-0.2, -0.15) is 0 Å². The number of aromatic nitrogens is 2. The highest BCUT2D eigenvalue weighted by Crippen LogP contribution is 2.17. The Morgan fingerprint density at radius 3 is 3.00 bits per heavy atom. The van der Waals surface area contributed by atoms with Crippen LogP contribution in [-0.4, -0.2) is 26.5 Å². The van der Waals surface area contributed by atoms with Crippen molar-refractivity contribution in [3.63, 3.8) is 0 Å². The quantitative estimate of drug-likeness (QED) is 0.937. The maximum Gasteiger partial charge on any atom is 0.157 e. The van der Waals surface area contributed by atoms with E-state index in [1.165, 1.54) is 5.56 Å². The Morgan fingerprint density at radius 1 is 1.40 bits per heavy atom. The topological polar surface area (TPSA) is 42.2 Å². The second-order valence-electron chi connectivity index (χ2n) is 4.92. The van der Waals surface area contributed by atoms with Crippen molar-refractivity contribution in [2.45, 2.75) is 19.0 Å². The predicted octanol–water partition coefficient (Wildman–Crippen LogP) is 2.22. The summed E-state index contributed by atoms with van der Waals surface area (Å²) in [6.07, 6.45) is 4.81. The van der Waals surface area contributed by atoms with Gasteiger partial charge in [-0.15, -0.1) is 0 Å². The Morgan fingerprint density at radius 2 is 2.25 bits per heavy atom. The van der Waals surface area contributed by atoms with Gasteiger partial charge < -0.3 is 9.88 Å². The Kier molecular flexibility index (Phi) is 4.06. The number of aryl methyl sites for hydroxylation is 1. The van der Waals surface area contributed by atoms with Crippen LogP contribution in [0.2, 0.25) is 0 Å². The van der Waals surface area contributed by atoms with E-state index in [2.05, 4.69) is 45.6 Å². The number of rotatable bonds is 4. The largest absolute Gasteiger partial charge is 0.361 e. The molecule has 0 aliphatic carbocycles. The summed E-state index contributed by atoms with van der Waals surface area (Å²) in [5.74, 6) is 2.07. The van der Waals surface area contributed by atoms with Crippen LogP contribution in [-0.2, 0) is 20.0 Å². The van der Waals surface area contributed by atoms with E-state index in [1.807, 2.05) is 24.0 Å². The predicted molar refractivity (Wildman–Crippen MR) is 83.9 cm³/mol. The number of nitrogens with one attached hydrogen (secondary N) is 1. The molecule has 0 saturated carbocycles. The van der Waals surface area contributed by atoms with Crippen molar-refractivity contribution in [1.82, 2.24) is 14.9 Å². The van der Waals surface area contributed by atoms with Crippen molar-refractivity contribution in [1.29, 1.82) is 0 Å². The standard InChI is InChI=1S/C15H18N4S/c1-19-8-7-16-14(19)10-17-15-18-13(11-20-15)9-12-5-3-2-4-6-12/h2-8,13H,9-11H2,1H3,(H,17,18). The van der Waals surface area contributed by atoms with Gasteiger partial charge in [-0.25, -0.2) is 4.98 Å². The Bertz CT molecular complexity index is 591. The fourth-order valence-electron chi connectivity index (χ4n) is 2.23. The highest BCUT2D eigenvalue weighted by molar-refractivity contribution is 8.14. The van der Waals surface area contributed by atoms with Gasteiger partial charge in [0.15, 0.2) is 5.17 Å². The summed E-state index contributed by atoms with van der Waals surface area (Å²) in [5.41, 5.74) is 1.37. The van der Waals surface area contributed by atoms with Crippen LogP contribution in [0.1, 0.15) is 11.4 Å². The zero-order chi connectivity index (χ0) is 13.8. The van der Waals surface area contributed by atoms with E-state index in [-0.39, 0.29) is 0 Å². The molecule has 1 unspecified atom stereocenters. The van der Waals surface area contributed by atoms with Crippen molar-refractivity contribution in [3.8, 4) is 0 Å². The van der Waals surface area contributed by atoms with Crippen LogP contribution in [0.25, 0.3) is 0 Å². The molecule has 20 heavy (non-hydrogen) atoms. The van der Waals surface area contributed by atoms with E-state index in [0.29, 0.717) is 12.6 Å². The summed E-state index contributed by atoms with van der Waals surface area (Å²) in [5, 5.41) is 4.53. The summed E-state index contributed by atoms with van der Waals surface area (Å²) in [6.45, 7) is 0.636. The van der Waals surface area contributed by atoms with Gasteiger partial charge in [0.2, 0.25) is 0 Å². The van der Waals surface area contributed by atoms with Crippen molar-refractivity contribution < 1.29 is 0 Å². The fourth-order valence-corrected chi connectivity index (χ4v) is 3.19. The monoisotopic (exact) mass is 286 g/mol. The highest BCUT2D eigenvalue weighted by atomic mass is 32.2. The Labute approximate surface area is 123 Å². The van der Waals surface area contributed by atoms with Gasteiger partial charge in [0, 0.05) is 31.2 Å². The van der Waals surface area contributed by atoms with Crippen LogP contribution in [0.5, 0.6) is 0 Å². The highest BCUT2D eigenvalue weighted by Gasteiger charge is 2.20. The Balaban J connectivity index is 1.55. The molecule has 1 saturated heterocycles. The zero-order valence-corrected chi connectivity index (χ0v) is 12.3. The molecule has 104 valence electrons. The first-order chi connectivity index (χ1) is 9.81. The van der Waals surface area contributed by atoms with Gasteiger partial charge in [0.1, 0.15) is 5.82 Å². The van der Waals surface area contributed by atoms with Gasteiger partial charge in [0.05, 0.1) is 6.54 Å². The maximum absolute atomic E-state index is 4.60. The molecule has 1 aliphatic heterocycles. The third kappa shape index (κ3) is 3.22. The average molecular weight is 286 g/mol. The van der Waals surface area contributed by atoms with E-state index in [9.17, 15) is 0 Å². The van der Waals surface area contributed by atoms with Crippen LogP contribution >= 0.6 is 11.8 Å². The normalized spacial score (nSPS) is 20.2. The molecule has 2 heterocycles. The second kappa shape index (κ2) is 6.13. The number of thioether (sulfide) groups is 1. The lowest BCUT2D eigenvalue weighted by Gasteiger charge is -2.09. The van der Waals surface area contributed by atoms with Crippen molar-refractivity contribution in [2.75, 3.05) is 5.75 Å². The van der Waals surface area contributed by atoms with E-state index in [0.717, 1.165) is 23.2 Å². The van der Waals surface area contributed by atoms with Crippen LogP contribution in [0.15, 0.2) is 47.7 Å². The van der Waals surface area contributed by atoms with Crippen molar-refractivity contribution >= 4 is 16.9 Å². The molecule has 1 aromatic carbocycles. The van der Waals surface area contributed by atoms with Gasteiger partial charge in [-0.1, -0.05) is 42.1 Å². The van der Waals surface area contributed by atoms with Gasteiger partial charge in [-0.3, -0.25) is 4.99 Å². The van der Waals surface area contributed by atoms with Gasteiger partial charge >= 0.3 is 0 Å². The summed E-state index contributed by atoms with van der Waals surface area (Å²) in [6, 6.07) is 11.1. The molecule has 3 rings (SSSR count). The molecule has 0 radical (unpaired) electrons. The van der Waals surface area contributed by atoms with Gasteiger partial charge in [0.25, 0.3) is 0 Å². The summed E-state index contributed by atoms with van der Waals surface area (Å²) in [4.78, 5) is 8.89. The number of amidine groups is 1. The third-order valence-corrected chi connectivity index (χ3v) is 4.45. The number of hydrogen-bond acceptors (Lipinski definition) is 3. The molecule has 1 aliphatic rings. The minimum atomic E-state index is 0.475. The minimum Gasteiger partial charge on any atom is -0.361 e. The first-order valence-corrected chi connectivity index (χ1v) is 7.74. The molecule has 4 nitrogen and oxygen atoms in total. The van der Waals surface area contributed by atoms with E-state index in [4.69, 9.17) is 0 Å². The van der Waals surface area contributed by atoms with Crippen LogP contribution in [0.4, 0.5) is 0 Å². The molecular formula is C15H18N4S. The van der Waals surface area contributed by atoms with Crippen molar-refractivity contribution in [2.24, 2.45) is 12.0 Å². The lowest BCUT2D eigenvalue weighted by Crippen LogP contribution is -2.29. The molecule has 1 aromatic heterocycles. The second-order valence-corrected chi connectivity index (χ2v) is 5.93. The number of imidazole rings is 1. The lowest BCUT2D eigenvalue weighted by atomic mass is 10.1. The molecule has 0 spiro atoms. The average Bonchev–Trinajstić information content (AvgIpc) is 3.07. The maximum atomic E-state index is 4.60. The molecule has 0 bridgehead atoms. The Hall–Kier alpha value is -1.75. The molecule has 1 fully saturated rings. The third-order valence-electron chi connectivity index (χ3n) is 3.36. The number of hydrogen-bond donors (Lipinski definition) is 1. The first-order valence-electron chi connectivity index (χ1n) is 6.75. The molecule has 5 heteroatoms. The zero-order valence-electron chi connectivity index (χ0n) is 11.5. The van der Waals surface area contributed by atoms with Crippen LogP contribution in [0.3, 0.4) is 0 Å². The van der Waals surface area contributed by atoms with E-state index < -0.39 is 0 Å². The lowest BCUT2D eigenvalue weighted by molar-refractivity contribution is 0.685. The number of nitrogens with zero attached hydrogens (tertiary/aromatic N) is 3. The summed E-state index contributed by atoms with van der Waals surface area (Å²) >= 11 is 1.80. The molecule has 0 amide bonds. The van der Waals surface area contributed by atoms with E-state index >= 15 is 0 Å². The molecule has 1 atom stereocenters. The summed E-state index contributed by atoms with van der Waals surface area (Å²) < 4.78 is 2.01. The van der Waals surface area contributed by atoms with Gasteiger partial charge in [-0.05, 0) is 12.0 Å². The first kappa shape index (κ1) is 13.2. The van der Waals surface area contributed by atoms with E-state index in [1.54, 1.807) is 11.8 Å². The SMILES string of the molecule is Cn1ccnc1CN=C1NC(Cc2ccccc2)CS1. The van der Waals surface area contributed by atoms with Crippen molar-refractivity contribution in [3.05, 3.63) is 54.1 Å². The fraction of sp³-hybridized carbons (Fsp3) is 0.333. The molecular weight excluding hydrogens is 268 g/mol. The number of aliphatic imine (C=N–C) groups is 1. The number of benzene rings is 1.